The molecule has 2 amide bonds. The second kappa shape index (κ2) is 14.1. The molecule has 1 aliphatic heterocycles. The van der Waals surface area contributed by atoms with Gasteiger partial charge in [-0.3, -0.25) is 14.4 Å². The summed E-state index contributed by atoms with van der Waals surface area (Å²) in [4.78, 5) is 57.8. The molecule has 2 aliphatic carbocycles. The number of nitrogens with zero attached hydrogens (tertiary/aromatic N) is 8. The predicted molar refractivity (Wildman–Crippen MR) is 186 cm³/mol. The number of carbonyl (C=O) groups excluding carboxylic acids is 2. The molecule has 19 heteroatoms. The smallest absolute Gasteiger partial charge is 0.416 e. The number of hydrogen-bond acceptors (Lipinski definition) is 9. The van der Waals surface area contributed by atoms with E-state index in [2.05, 4.69) is 25.4 Å². The molecule has 13 nitrogen and oxygen atoms in total. The summed E-state index contributed by atoms with van der Waals surface area (Å²) in [5, 5.41) is 17.2. The maximum absolute atomic E-state index is 14.5. The molecule has 3 aliphatic rings. The number of allylic oxidation sites excluding steroid dienone is 3. The maximum atomic E-state index is 14.5. The van der Waals surface area contributed by atoms with Gasteiger partial charge in [-0.15, -0.1) is 5.10 Å². The molecule has 0 bridgehead atoms. The monoisotopic (exact) mass is 773 g/mol. The minimum atomic E-state index is -4.65. The SMILES string of the molecule is CCc1c(N2CCN(C(=O)c3ncnc(C)c3O)[C@@H]3CC[C@H]32)c(=O)n2nc(C3=CCC(=C(F)F)CC3)nc2n1CC(=O)Nc1ccc(C(F)(F)F)cc1Cl. The minimum absolute atomic E-state index is 0.00300. The molecule has 0 radical (unpaired) electrons. The Labute approximate surface area is 308 Å². The number of benzene rings is 1. The highest BCUT2D eigenvalue weighted by atomic mass is 35.5. The first-order valence-electron chi connectivity index (χ1n) is 17.2. The van der Waals surface area contributed by atoms with Gasteiger partial charge in [0.15, 0.2) is 17.3 Å². The average Bonchev–Trinajstić information content (AvgIpc) is 3.57. The van der Waals surface area contributed by atoms with Crippen molar-refractivity contribution >= 4 is 46.1 Å². The average molecular weight is 774 g/mol. The molecule has 0 unspecified atom stereocenters. The zero-order valence-corrected chi connectivity index (χ0v) is 29.7. The summed E-state index contributed by atoms with van der Waals surface area (Å²) >= 11 is 6.13. The number of anilines is 2. The van der Waals surface area contributed by atoms with Crippen LogP contribution in [0.5, 0.6) is 5.75 Å². The first-order valence-corrected chi connectivity index (χ1v) is 17.5. The van der Waals surface area contributed by atoms with Crippen LogP contribution in [0.15, 0.2) is 47.1 Å². The van der Waals surface area contributed by atoms with E-state index in [4.69, 9.17) is 11.6 Å². The van der Waals surface area contributed by atoms with E-state index < -0.39 is 41.7 Å². The molecule has 3 aromatic heterocycles. The molecule has 2 N–H and O–H groups in total. The van der Waals surface area contributed by atoms with Gasteiger partial charge in [0.25, 0.3) is 17.5 Å². The molecule has 4 heterocycles. The van der Waals surface area contributed by atoms with Crippen molar-refractivity contribution in [2.24, 2.45) is 0 Å². The van der Waals surface area contributed by atoms with Gasteiger partial charge in [0, 0.05) is 19.1 Å². The number of nitrogens with one attached hydrogen (secondary N) is 1. The zero-order chi connectivity index (χ0) is 38.6. The number of aryl methyl sites for hydroxylation is 1. The number of aromatic nitrogens is 6. The van der Waals surface area contributed by atoms with Gasteiger partial charge < -0.3 is 24.8 Å². The van der Waals surface area contributed by atoms with Gasteiger partial charge in [0.05, 0.1) is 33.7 Å². The number of halogens is 6. The molecule has 0 spiro atoms. The fourth-order valence-corrected chi connectivity index (χ4v) is 7.53. The number of aromatic hydroxyl groups is 1. The highest BCUT2D eigenvalue weighted by Gasteiger charge is 2.47. The van der Waals surface area contributed by atoms with E-state index >= 15 is 0 Å². The molecule has 1 saturated carbocycles. The molecule has 1 aromatic carbocycles. The number of fused-ring (bicyclic) bond motifs is 2. The van der Waals surface area contributed by atoms with E-state index in [1.807, 2.05) is 4.90 Å². The van der Waals surface area contributed by atoms with Crippen LogP contribution in [-0.2, 0) is 23.9 Å². The van der Waals surface area contributed by atoms with Gasteiger partial charge >= 0.3 is 6.18 Å². The van der Waals surface area contributed by atoms with Crippen molar-refractivity contribution < 1.29 is 36.6 Å². The normalized spacial score (nSPS) is 18.7. The van der Waals surface area contributed by atoms with Gasteiger partial charge in [0.2, 0.25) is 11.7 Å². The lowest BCUT2D eigenvalue weighted by molar-refractivity contribution is -0.137. The van der Waals surface area contributed by atoms with Crippen LogP contribution < -0.4 is 15.8 Å². The molecule has 2 fully saturated rings. The van der Waals surface area contributed by atoms with Gasteiger partial charge in [-0.1, -0.05) is 24.6 Å². The van der Waals surface area contributed by atoms with Gasteiger partial charge in [-0.05, 0) is 74.8 Å². The van der Waals surface area contributed by atoms with Crippen LogP contribution in [0.4, 0.5) is 33.3 Å². The molecule has 54 heavy (non-hydrogen) atoms. The number of amides is 2. The lowest BCUT2D eigenvalue weighted by atomic mass is 9.81. The van der Waals surface area contributed by atoms with Crippen molar-refractivity contribution in [3.63, 3.8) is 0 Å². The summed E-state index contributed by atoms with van der Waals surface area (Å²) in [6, 6.07) is 1.88. The summed E-state index contributed by atoms with van der Waals surface area (Å²) in [6.45, 7) is 3.27. The number of carbonyl (C=O) groups is 2. The van der Waals surface area contributed by atoms with Crippen molar-refractivity contribution in [2.45, 2.75) is 77.2 Å². The Hall–Kier alpha value is -5.39. The Morgan fingerprint density at radius 1 is 1.09 bits per heavy atom. The lowest BCUT2D eigenvalue weighted by Gasteiger charge is -2.54. The minimum Gasteiger partial charge on any atom is -0.504 e. The fraction of sp³-hybridized carbons (Fsp3) is 0.400. The Morgan fingerprint density at radius 3 is 2.48 bits per heavy atom. The quantitative estimate of drug-likeness (QED) is 0.223. The zero-order valence-electron chi connectivity index (χ0n) is 28.9. The predicted octanol–water partition coefficient (Wildman–Crippen LogP) is 5.78. The largest absolute Gasteiger partial charge is 0.504 e. The van der Waals surface area contributed by atoms with E-state index in [1.165, 1.54) is 10.9 Å². The summed E-state index contributed by atoms with van der Waals surface area (Å²) in [5.41, 5.74) is -0.276. The van der Waals surface area contributed by atoms with E-state index in [1.54, 1.807) is 24.8 Å². The molecule has 4 aromatic rings. The Morgan fingerprint density at radius 2 is 1.85 bits per heavy atom. The number of rotatable bonds is 7. The van der Waals surface area contributed by atoms with Gasteiger partial charge in [-0.2, -0.15) is 31.5 Å². The summed E-state index contributed by atoms with van der Waals surface area (Å²) < 4.78 is 68.9. The van der Waals surface area contributed by atoms with Crippen molar-refractivity contribution in [2.75, 3.05) is 23.3 Å². The van der Waals surface area contributed by atoms with Crippen LogP contribution in [0.3, 0.4) is 0 Å². The Balaban J connectivity index is 1.28. The lowest BCUT2D eigenvalue weighted by Crippen LogP contribution is -2.67. The highest BCUT2D eigenvalue weighted by molar-refractivity contribution is 6.33. The second-order valence-corrected chi connectivity index (χ2v) is 13.7. The Bertz CT molecular complexity index is 2320. The third-order valence-electron chi connectivity index (χ3n) is 10.2. The van der Waals surface area contributed by atoms with Crippen LogP contribution in [0.1, 0.15) is 72.3 Å². The van der Waals surface area contributed by atoms with Crippen molar-refractivity contribution in [3.05, 3.63) is 86.1 Å². The standard InChI is InChI=1S/C35H33ClF5N9O4/c1-3-23-28(47-12-13-48(25-11-10-24(25)47)32(53)27-29(52)17(2)42-16-43-27)33(54)50-34(45-31(46-50)19-6-4-18(5-7-19)30(37)38)49(23)15-26(51)44-22-9-8-20(14-21(22)36)35(39,40)41/h6,8-9,14,16,24-25,52H,3-5,7,10-13,15H2,1-2H3,(H,44,51)/t24-,25-/m1/s1. The first-order chi connectivity index (χ1) is 25.7. The molecule has 284 valence electrons. The van der Waals surface area contributed by atoms with Crippen LogP contribution in [0, 0.1) is 6.92 Å². The van der Waals surface area contributed by atoms with Gasteiger partial charge in [-0.25, -0.2) is 9.97 Å². The number of hydrogen-bond donors (Lipinski definition) is 2. The summed E-state index contributed by atoms with van der Waals surface area (Å²) in [6.07, 6.45) is -1.89. The van der Waals surface area contributed by atoms with Crippen molar-refractivity contribution in [1.29, 1.82) is 0 Å². The molecule has 7 rings (SSSR count). The van der Waals surface area contributed by atoms with Crippen molar-refractivity contribution in [1.82, 2.24) is 34.0 Å². The topological polar surface area (TPSA) is 151 Å². The van der Waals surface area contributed by atoms with Crippen LogP contribution in [-0.4, -0.2) is 76.1 Å². The van der Waals surface area contributed by atoms with Crippen LogP contribution in [0.2, 0.25) is 5.02 Å². The first kappa shape index (κ1) is 36.9. The maximum Gasteiger partial charge on any atom is 0.416 e. The number of piperazine rings is 1. The van der Waals surface area contributed by atoms with E-state index in [0.717, 1.165) is 16.6 Å². The highest BCUT2D eigenvalue weighted by Crippen LogP contribution is 2.39. The molecular formula is C35H33ClF5N9O4. The van der Waals surface area contributed by atoms with E-state index in [9.17, 15) is 41.4 Å². The Kier molecular flexibility index (Phi) is 9.66. The molecule has 2 atom stereocenters. The van der Waals surface area contributed by atoms with E-state index in [-0.39, 0.29) is 102 Å². The second-order valence-electron chi connectivity index (χ2n) is 13.3. The summed E-state index contributed by atoms with van der Waals surface area (Å²) in [5.74, 6) is -1.34. The van der Waals surface area contributed by atoms with Crippen molar-refractivity contribution in [3.8, 4) is 5.75 Å². The fourth-order valence-electron chi connectivity index (χ4n) is 7.30. The van der Waals surface area contributed by atoms with Crippen LogP contribution >= 0.6 is 11.6 Å². The third kappa shape index (κ3) is 6.56. The molecule has 1 saturated heterocycles. The third-order valence-corrected chi connectivity index (χ3v) is 10.5. The van der Waals surface area contributed by atoms with Gasteiger partial charge in [0.1, 0.15) is 18.6 Å². The molecular weight excluding hydrogens is 741 g/mol. The van der Waals surface area contributed by atoms with Crippen LogP contribution in [0.25, 0.3) is 11.4 Å². The summed E-state index contributed by atoms with van der Waals surface area (Å²) in [7, 11) is 0. The number of alkyl halides is 3. The van der Waals surface area contributed by atoms with E-state index in [0.29, 0.717) is 30.2 Å².